The molecule has 0 spiro atoms. The van der Waals surface area contributed by atoms with Crippen LogP contribution in [0.5, 0.6) is 0 Å². The molecule has 4 aromatic rings. The largest absolute Gasteiger partial charge is 0.464 e. The van der Waals surface area contributed by atoms with Crippen LogP contribution in [0.15, 0.2) is 82.6 Å². The maximum atomic E-state index is 12.5. The molecule has 0 bridgehead atoms. The van der Waals surface area contributed by atoms with Crippen LogP contribution in [0, 0.1) is 6.92 Å². The first-order valence-electron chi connectivity index (χ1n) is 9.07. The molecular weight excluding hydrogens is 368 g/mol. The van der Waals surface area contributed by atoms with Crippen molar-refractivity contribution < 1.29 is 9.21 Å². The van der Waals surface area contributed by atoms with Crippen molar-refractivity contribution in [2.24, 2.45) is 0 Å². The van der Waals surface area contributed by atoms with E-state index in [4.69, 9.17) is 4.42 Å². The standard InChI is InChI=1S/C23H20N2O2S/c1-16-8-9-20-18(14-27-21(20)11-16)13-22(26)25-19-6-4-5-17(12-19)15-28-23-7-2-3-10-24-23/h2-12,14H,13,15H2,1H3,(H,25,26). The summed E-state index contributed by atoms with van der Waals surface area (Å²) in [7, 11) is 0. The fourth-order valence-corrected chi connectivity index (χ4v) is 3.84. The van der Waals surface area contributed by atoms with Gasteiger partial charge in [0.05, 0.1) is 17.7 Å². The molecule has 0 saturated carbocycles. The third kappa shape index (κ3) is 4.43. The van der Waals surface area contributed by atoms with Crippen LogP contribution >= 0.6 is 11.8 Å². The van der Waals surface area contributed by atoms with Crippen LogP contribution in [0.4, 0.5) is 5.69 Å². The van der Waals surface area contributed by atoms with Gasteiger partial charge in [-0.2, -0.15) is 0 Å². The van der Waals surface area contributed by atoms with Crippen LogP contribution in [0.1, 0.15) is 16.7 Å². The van der Waals surface area contributed by atoms with Crippen LogP contribution in [0.25, 0.3) is 11.0 Å². The monoisotopic (exact) mass is 388 g/mol. The predicted molar refractivity (Wildman–Crippen MR) is 114 cm³/mol. The van der Waals surface area contributed by atoms with E-state index < -0.39 is 0 Å². The van der Waals surface area contributed by atoms with Gasteiger partial charge in [-0.05, 0) is 48.4 Å². The maximum Gasteiger partial charge on any atom is 0.228 e. The molecule has 0 unspecified atom stereocenters. The van der Waals surface area contributed by atoms with Gasteiger partial charge in [-0.15, -0.1) is 11.8 Å². The molecule has 0 atom stereocenters. The van der Waals surface area contributed by atoms with Crippen LogP contribution in [0.2, 0.25) is 0 Å². The van der Waals surface area contributed by atoms with Crippen molar-refractivity contribution in [2.45, 2.75) is 24.1 Å². The Morgan fingerprint density at radius 2 is 2.04 bits per heavy atom. The molecular formula is C23H20N2O2S. The number of furan rings is 1. The van der Waals surface area contributed by atoms with Crippen molar-refractivity contribution in [3.63, 3.8) is 0 Å². The number of fused-ring (bicyclic) bond motifs is 1. The second-order valence-electron chi connectivity index (χ2n) is 6.64. The van der Waals surface area contributed by atoms with E-state index in [1.54, 1.807) is 24.2 Å². The Balaban J connectivity index is 1.40. The van der Waals surface area contributed by atoms with E-state index in [0.29, 0.717) is 0 Å². The van der Waals surface area contributed by atoms with Crippen molar-refractivity contribution in [1.29, 1.82) is 0 Å². The number of aryl methyl sites for hydroxylation is 1. The minimum atomic E-state index is -0.0576. The van der Waals surface area contributed by atoms with Gasteiger partial charge in [-0.25, -0.2) is 4.98 Å². The SMILES string of the molecule is Cc1ccc2c(CC(=O)Nc3cccc(CSc4ccccn4)c3)coc2c1. The molecule has 0 aliphatic heterocycles. The van der Waals surface area contributed by atoms with Crippen molar-refractivity contribution in [3.05, 3.63) is 89.8 Å². The molecule has 1 amide bonds. The number of thioether (sulfide) groups is 1. The number of pyridine rings is 1. The lowest BCUT2D eigenvalue weighted by Crippen LogP contribution is -2.14. The van der Waals surface area contributed by atoms with Gasteiger partial charge in [0.25, 0.3) is 0 Å². The quantitative estimate of drug-likeness (QED) is 0.436. The Hall–Kier alpha value is -3.05. The highest BCUT2D eigenvalue weighted by molar-refractivity contribution is 7.98. The first-order valence-corrected chi connectivity index (χ1v) is 10.1. The maximum absolute atomic E-state index is 12.5. The number of hydrogen-bond acceptors (Lipinski definition) is 4. The number of benzene rings is 2. The molecule has 4 nitrogen and oxygen atoms in total. The Labute approximate surface area is 168 Å². The molecule has 2 heterocycles. The minimum Gasteiger partial charge on any atom is -0.464 e. The molecule has 5 heteroatoms. The third-order valence-corrected chi connectivity index (χ3v) is 5.41. The number of nitrogens with zero attached hydrogens (tertiary/aromatic N) is 1. The zero-order chi connectivity index (χ0) is 19.3. The Bertz CT molecular complexity index is 1110. The molecule has 2 aromatic heterocycles. The molecule has 140 valence electrons. The molecule has 0 aliphatic carbocycles. The van der Waals surface area contributed by atoms with Crippen molar-refractivity contribution >= 4 is 34.3 Å². The van der Waals surface area contributed by atoms with Crippen LogP contribution in [-0.4, -0.2) is 10.9 Å². The lowest BCUT2D eigenvalue weighted by molar-refractivity contribution is -0.115. The Morgan fingerprint density at radius 1 is 1.11 bits per heavy atom. The van der Waals surface area contributed by atoms with E-state index in [1.807, 2.05) is 61.5 Å². The summed E-state index contributed by atoms with van der Waals surface area (Å²) in [4.78, 5) is 16.8. The van der Waals surface area contributed by atoms with Crippen molar-refractivity contribution in [1.82, 2.24) is 4.98 Å². The number of hydrogen-bond donors (Lipinski definition) is 1. The summed E-state index contributed by atoms with van der Waals surface area (Å²) in [5.74, 6) is 0.740. The van der Waals surface area contributed by atoms with Crippen molar-refractivity contribution in [2.75, 3.05) is 5.32 Å². The average Bonchev–Trinajstić information content (AvgIpc) is 3.09. The number of carbonyl (C=O) groups is 1. The number of nitrogens with one attached hydrogen (secondary N) is 1. The number of rotatable bonds is 6. The number of carbonyl (C=O) groups excluding carboxylic acids is 1. The number of aromatic nitrogens is 1. The van der Waals surface area contributed by atoms with Gasteiger partial charge in [-0.3, -0.25) is 4.79 Å². The van der Waals surface area contributed by atoms with Gasteiger partial charge in [0.2, 0.25) is 5.91 Å². The molecule has 4 rings (SSSR count). The van der Waals surface area contributed by atoms with Crippen LogP contribution < -0.4 is 5.32 Å². The summed E-state index contributed by atoms with van der Waals surface area (Å²) < 4.78 is 5.59. The first-order chi connectivity index (χ1) is 13.7. The topological polar surface area (TPSA) is 55.1 Å². The second kappa shape index (κ2) is 8.31. The smallest absolute Gasteiger partial charge is 0.228 e. The highest BCUT2D eigenvalue weighted by atomic mass is 32.2. The summed E-state index contributed by atoms with van der Waals surface area (Å²) in [6.07, 6.45) is 3.74. The van der Waals surface area contributed by atoms with Gasteiger partial charge in [0, 0.05) is 28.6 Å². The Morgan fingerprint density at radius 3 is 2.89 bits per heavy atom. The summed E-state index contributed by atoms with van der Waals surface area (Å²) >= 11 is 1.67. The van der Waals surface area contributed by atoms with Gasteiger partial charge < -0.3 is 9.73 Å². The zero-order valence-electron chi connectivity index (χ0n) is 15.5. The van der Waals surface area contributed by atoms with E-state index in [-0.39, 0.29) is 12.3 Å². The van der Waals surface area contributed by atoms with Gasteiger partial charge in [0.1, 0.15) is 5.58 Å². The molecule has 1 N–H and O–H groups in total. The number of anilines is 1. The highest BCUT2D eigenvalue weighted by Gasteiger charge is 2.11. The summed E-state index contributed by atoms with van der Waals surface area (Å²) in [6.45, 7) is 2.02. The zero-order valence-corrected chi connectivity index (χ0v) is 16.3. The molecule has 28 heavy (non-hydrogen) atoms. The average molecular weight is 388 g/mol. The fourth-order valence-electron chi connectivity index (χ4n) is 3.03. The molecule has 0 radical (unpaired) electrons. The molecule has 0 saturated heterocycles. The van der Waals surface area contributed by atoms with E-state index in [1.165, 1.54) is 0 Å². The van der Waals surface area contributed by atoms with Gasteiger partial charge in [-0.1, -0.05) is 30.3 Å². The predicted octanol–water partition coefficient (Wildman–Crippen LogP) is 5.61. The van der Waals surface area contributed by atoms with Gasteiger partial charge in [0.15, 0.2) is 0 Å². The van der Waals surface area contributed by atoms with E-state index in [0.717, 1.165) is 44.1 Å². The minimum absolute atomic E-state index is 0.0576. The second-order valence-corrected chi connectivity index (χ2v) is 7.64. The lowest BCUT2D eigenvalue weighted by Gasteiger charge is -2.07. The van der Waals surface area contributed by atoms with E-state index in [9.17, 15) is 4.79 Å². The van der Waals surface area contributed by atoms with Crippen molar-refractivity contribution in [3.8, 4) is 0 Å². The normalized spacial score (nSPS) is 10.9. The Kier molecular flexibility index (Phi) is 5.44. The highest BCUT2D eigenvalue weighted by Crippen LogP contribution is 2.24. The number of amides is 1. The van der Waals surface area contributed by atoms with E-state index >= 15 is 0 Å². The molecule has 0 aliphatic rings. The molecule has 0 fully saturated rings. The molecule has 2 aromatic carbocycles. The van der Waals surface area contributed by atoms with Crippen LogP contribution in [-0.2, 0) is 17.0 Å². The fraction of sp³-hybridized carbons (Fsp3) is 0.130. The van der Waals surface area contributed by atoms with Crippen LogP contribution in [0.3, 0.4) is 0 Å². The summed E-state index contributed by atoms with van der Waals surface area (Å²) in [5.41, 5.74) is 4.79. The summed E-state index contributed by atoms with van der Waals surface area (Å²) in [6, 6.07) is 19.8. The van der Waals surface area contributed by atoms with E-state index in [2.05, 4.69) is 16.4 Å². The van der Waals surface area contributed by atoms with Gasteiger partial charge >= 0.3 is 0 Å². The third-order valence-electron chi connectivity index (χ3n) is 4.40. The lowest BCUT2D eigenvalue weighted by atomic mass is 10.1. The first kappa shape index (κ1) is 18.3. The summed E-state index contributed by atoms with van der Waals surface area (Å²) in [5, 5.41) is 4.96.